The fourth-order valence-electron chi connectivity index (χ4n) is 1.60. The third-order valence-electron chi connectivity index (χ3n) is 2.95. The summed E-state index contributed by atoms with van der Waals surface area (Å²) in [6.45, 7) is 9.67. The van der Waals surface area contributed by atoms with Gasteiger partial charge >= 0.3 is 0 Å². The number of benzene rings is 1. The van der Waals surface area contributed by atoms with Crippen LogP contribution < -0.4 is 14.8 Å². The normalized spacial score (nSPS) is 13.1. The van der Waals surface area contributed by atoms with E-state index in [9.17, 15) is 0 Å². The zero-order chi connectivity index (χ0) is 15.2. The maximum absolute atomic E-state index is 5.83. The Morgan fingerprint density at radius 1 is 1.20 bits per heavy atom. The van der Waals surface area contributed by atoms with Crippen molar-refractivity contribution in [2.75, 3.05) is 20.8 Å². The molecule has 1 aromatic rings. The zero-order valence-corrected chi connectivity index (χ0v) is 13.4. The Morgan fingerprint density at radius 2 is 1.90 bits per heavy atom. The molecular formula is C16H27NO3. The average molecular weight is 281 g/mol. The average Bonchev–Trinajstić information content (AvgIpc) is 2.41. The minimum absolute atomic E-state index is 0.0557. The smallest absolute Gasteiger partial charge is 0.124 e. The Hall–Kier alpha value is -1.26. The minimum atomic E-state index is 0.0557. The molecule has 0 heterocycles. The van der Waals surface area contributed by atoms with Crippen molar-refractivity contribution < 1.29 is 14.2 Å². The van der Waals surface area contributed by atoms with Gasteiger partial charge in [-0.15, -0.1) is 0 Å². The van der Waals surface area contributed by atoms with E-state index >= 15 is 0 Å². The van der Waals surface area contributed by atoms with Gasteiger partial charge in [-0.05, 0) is 45.9 Å². The highest BCUT2D eigenvalue weighted by Crippen LogP contribution is 2.25. The first-order valence-electron chi connectivity index (χ1n) is 6.93. The molecule has 0 bridgehead atoms. The molecule has 1 aromatic carbocycles. The molecule has 114 valence electrons. The molecule has 1 rings (SSSR count). The second-order valence-corrected chi connectivity index (χ2v) is 5.93. The monoisotopic (exact) mass is 281 g/mol. The van der Waals surface area contributed by atoms with Crippen LogP contribution in [-0.2, 0) is 11.3 Å². The first-order chi connectivity index (χ1) is 9.35. The summed E-state index contributed by atoms with van der Waals surface area (Å²) in [7, 11) is 3.36. The van der Waals surface area contributed by atoms with Crippen LogP contribution in [0.3, 0.4) is 0 Å². The number of rotatable bonds is 7. The maximum Gasteiger partial charge on any atom is 0.124 e. The van der Waals surface area contributed by atoms with Gasteiger partial charge in [0.25, 0.3) is 0 Å². The Balaban J connectivity index is 2.80. The molecular weight excluding hydrogens is 254 g/mol. The van der Waals surface area contributed by atoms with E-state index in [1.54, 1.807) is 14.2 Å². The van der Waals surface area contributed by atoms with Crippen molar-refractivity contribution in [2.45, 2.75) is 45.9 Å². The van der Waals surface area contributed by atoms with Crippen LogP contribution in [-0.4, -0.2) is 32.5 Å². The molecule has 0 fully saturated rings. The van der Waals surface area contributed by atoms with E-state index in [4.69, 9.17) is 14.2 Å². The van der Waals surface area contributed by atoms with Crippen LogP contribution in [0.1, 0.15) is 33.3 Å². The fourth-order valence-corrected chi connectivity index (χ4v) is 1.60. The number of hydrogen-bond donors (Lipinski definition) is 1. The van der Waals surface area contributed by atoms with Crippen molar-refractivity contribution in [3.05, 3.63) is 23.8 Å². The predicted octanol–water partition coefficient (Wildman–Crippen LogP) is 3.00. The standard InChI is InChI=1S/C16H27NO3/c1-12(18-5)11-20-15-8-7-14(19-6)9-13(15)10-17-16(2,3)4/h7-9,12,17H,10-11H2,1-6H3. The van der Waals surface area contributed by atoms with Crippen LogP contribution in [0.2, 0.25) is 0 Å². The summed E-state index contributed by atoms with van der Waals surface area (Å²) in [5, 5.41) is 3.46. The molecule has 0 saturated heterocycles. The van der Waals surface area contributed by atoms with Crippen LogP contribution in [0, 0.1) is 0 Å². The van der Waals surface area contributed by atoms with Crippen LogP contribution in [0.4, 0.5) is 0 Å². The highest BCUT2D eigenvalue weighted by Gasteiger charge is 2.12. The summed E-state index contributed by atoms with van der Waals surface area (Å²) >= 11 is 0. The first-order valence-corrected chi connectivity index (χ1v) is 6.93. The van der Waals surface area contributed by atoms with Crippen molar-refractivity contribution in [1.82, 2.24) is 5.32 Å². The first kappa shape index (κ1) is 16.8. The van der Waals surface area contributed by atoms with Crippen molar-refractivity contribution >= 4 is 0 Å². The minimum Gasteiger partial charge on any atom is -0.497 e. The van der Waals surface area contributed by atoms with Crippen molar-refractivity contribution in [1.29, 1.82) is 0 Å². The highest BCUT2D eigenvalue weighted by atomic mass is 16.5. The molecule has 1 unspecified atom stereocenters. The van der Waals surface area contributed by atoms with Crippen LogP contribution in [0.25, 0.3) is 0 Å². The predicted molar refractivity (Wildman–Crippen MR) is 81.6 cm³/mol. The summed E-state index contributed by atoms with van der Waals surface area (Å²) in [6, 6.07) is 5.86. The Bertz CT molecular complexity index is 413. The Kier molecular flexibility index (Phi) is 6.30. The van der Waals surface area contributed by atoms with Gasteiger partial charge < -0.3 is 19.5 Å². The van der Waals surface area contributed by atoms with E-state index in [1.807, 2.05) is 25.1 Å². The van der Waals surface area contributed by atoms with Crippen molar-refractivity contribution in [3.63, 3.8) is 0 Å². The number of hydrogen-bond acceptors (Lipinski definition) is 4. The van der Waals surface area contributed by atoms with Gasteiger partial charge in [-0.1, -0.05) is 0 Å². The van der Waals surface area contributed by atoms with Crippen LogP contribution >= 0.6 is 0 Å². The van der Waals surface area contributed by atoms with Crippen molar-refractivity contribution in [3.8, 4) is 11.5 Å². The largest absolute Gasteiger partial charge is 0.497 e. The lowest BCUT2D eigenvalue weighted by atomic mass is 10.1. The second kappa shape index (κ2) is 7.50. The molecule has 0 aliphatic carbocycles. The molecule has 1 N–H and O–H groups in total. The quantitative estimate of drug-likeness (QED) is 0.834. The van der Waals surface area contributed by atoms with E-state index < -0.39 is 0 Å². The molecule has 0 aliphatic rings. The van der Waals surface area contributed by atoms with E-state index in [0.717, 1.165) is 23.6 Å². The lowest BCUT2D eigenvalue weighted by Gasteiger charge is -2.22. The van der Waals surface area contributed by atoms with Gasteiger partial charge in [0.05, 0.1) is 13.2 Å². The molecule has 0 aliphatic heterocycles. The summed E-state index contributed by atoms with van der Waals surface area (Å²) in [5.74, 6) is 1.70. The van der Waals surface area contributed by atoms with Gasteiger partial charge in [0.1, 0.15) is 18.1 Å². The van der Waals surface area contributed by atoms with Gasteiger partial charge in [-0.25, -0.2) is 0 Å². The van der Waals surface area contributed by atoms with Crippen LogP contribution in [0.15, 0.2) is 18.2 Å². The van der Waals surface area contributed by atoms with Gasteiger partial charge in [0, 0.05) is 24.8 Å². The Morgan fingerprint density at radius 3 is 2.45 bits per heavy atom. The van der Waals surface area contributed by atoms with E-state index in [0.29, 0.717) is 6.61 Å². The zero-order valence-electron chi connectivity index (χ0n) is 13.4. The van der Waals surface area contributed by atoms with E-state index in [-0.39, 0.29) is 11.6 Å². The van der Waals surface area contributed by atoms with Crippen molar-refractivity contribution in [2.24, 2.45) is 0 Å². The van der Waals surface area contributed by atoms with Gasteiger partial charge in [0.15, 0.2) is 0 Å². The molecule has 0 aromatic heterocycles. The number of ether oxygens (including phenoxy) is 3. The third kappa shape index (κ3) is 5.80. The van der Waals surface area contributed by atoms with E-state index in [1.165, 1.54) is 0 Å². The molecule has 4 nitrogen and oxygen atoms in total. The molecule has 20 heavy (non-hydrogen) atoms. The number of nitrogens with one attached hydrogen (secondary N) is 1. The highest BCUT2D eigenvalue weighted by molar-refractivity contribution is 5.40. The van der Waals surface area contributed by atoms with Gasteiger partial charge in [-0.2, -0.15) is 0 Å². The fraction of sp³-hybridized carbons (Fsp3) is 0.625. The SMILES string of the molecule is COc1ccc(OCC(C)OC)c(CNC(C)(C)C)c1. The molecule has 0 spiro atoms. The van der Waals surface area contributed by atoms with Gasteiger partial charge in [0.2, 0.25) is 0 Å². The second-order valence-electron chi connectivity index (χ2n) is 5.93. The molecule has 4 heteroatoms. The molecule has 0 amide bonds. The summed E-state index contributed by atoms with van der Waals surface area (Å²) < 4.78 is 16.3. The summed E-state index contributed by atoms with van der Waals surface area (Å²) in [4.78, 5) is 0. The lowest BCUT2D eigenvalue weighted by molar-refractivity contribution is 0.0712. The molecule has 0 radical (unpaired) electrons. The third-order valence-corrected chi connectivity index (χ3v) is 2.95. The van der Waals surface area contributed by atoms with Gasteiger partial charge in [-0.3, -0.25) is 0 Å². The number of methoxy groups -OCH3 is 2. The lowest BCUT2D eigenvalue weighted by Crippen LogP contribution is -2.35. The topological polar surface area (TPSA) is 39.7 Å². The van der Waals surface area contributed by atoms with E-state index in [2.05, 4.69) is 26.1 Å². The summed E-state index contributed by atoms with van der Waals surface area (Å²) in [6.07, 6.45) is 0.0699. The maximum atomic E-state index is 5.83. The molecule has 0 saturated carbocycles. The summed E-state index contributed by atoms with van der Waals surface area (Å²) in [5.41, 5.74) is 1.14. The molecule has 1 atom stereocenters. The van der Waals surface area contributed by atoms with Crippen LogP contribution in [0.5, 0.6) is 11.5 Å². The Labute approximate surface area is 122 Å².